The Morgan fingerprint density at radius 2 is 2.00 bits per heavy atom. The molecule has 20 heavy (non-hydrogen) atoms. The predicted molar refractivity (Wildman–Crippen MR) is 84.0 cm³/mol. The summed E-state index contributed by atoms with van der Waals surface area (Å²) in [5, 5.41) is 3.60. The van der Waals surface area contributed by atoms with Crippen LogP contribution in [0.1, 0.15) is 43.5 Å². The molecule has 0 atom stereocenters. The van der Waals surface area contributed by atoms with Crippen LogP contribution in [0.4, 0.5) is 0 Å². The number of aromatic nitrogens is 2. The molecule has 1 saturated carbocycles. The molecule has 3 heteroatoms. The minimum Gasteiger partial charge on any atom is -0.331 e. The number of aryl methyl sites for hydroxylation is 2. The van der Waals surface area contributed by atoms with Crippen molar-refractivity contribution in [1.82, 2.24) is 14.9 Å². The van der Waals surface area contributed by atoms with Gasteiger partial charge in [0.15, 0.2) is 0 Å². The van der Waals surface area contributed by atoms with Crippen LogP contribution < -0.4 is 5.32 Å². The van der Waals surface area contributed by atoms with E-state index in [1.54, 1.807) is 0 Å². The van der Waals surface area contributed by atoms with Gasteiger partial charge in [-0.3, -0.25) is 0 Å². The maximum atomic E-state index is 4.88. The Morgan fingerprint density at radius 3 is 2.65 bits per heavy atom. The number of para-hydroxylation sites is 1. The Balaban J connectivity index is 1.98. The second-order valence-corrected chi connectivity index (χ2v) is 6.30. The molecular formula is C17H25N3. The van der Waals surface area contributed by atoms with Crippen LogP contribution in [0.3, 0.4) is 0 Å². The third-order valence-corrected chi connectivity index (χ3v) is 5.03. The van der Waals surface area contributed by atoms with Gasteiger partial charge in [-0.05, 0) is 38.4 Å². The Bertz CT molecular complexity index is 606. The van der Waals surface area contributed by atoms with Crippen molar-refractivity contribution in [2.75, 3.05) is 7.05 Å². The van der Waals surface area contributed by atoms with Crippen molar-refractivity contribution >= 4 is 11.0 Å². The Labute approximate surface area is 121 Å². The van der Waals surface area contributed by atoms with E-state index < -0.39 is 0 Å². The van der Waals surface area contributed by atoms with Crippen LogP contribution in [0.15, 0.2) is 18.2 Å². The molecule has 0 unspecified atom stereocenters. The Hall–Kier alpha value is -1.35. The SMILES string of the molecule is CNC1(Cc2nc3cccc(C)c3n2C)CCCCC1. The number of nitrogens with one attached hydrogen (secondary N) is 1. The summed E-state index contributed by atoms with van der Waals surface area (Å²) in [5.74, 6) is 1.21. The van der Waals surface area contributed by atoms with E-state index in [9.17, 15) is 0 Å². The average Bonchev–Trinajstić information content (AvgIpc) is 2.78. The molecule has 1 aliphatic carbocycles. The van der Waals surface area contributed by atoms with Crippen LogP contribution >= 0.6 is 0 Å². The minimum atomic E-state index is 0.251. The fourth-order valence-corrected chi connectivity index (χ4v) is 3.72. The first-order valence-electron chi connectivity index (χ1n) is 7.75. The zero-order valence-electron chi connectivity index (χ0n) is 12.9. The van der Waals surface area contributed by atoms with Crippen LogP contribution in [0, 0.1) is 6.92 Å². The molecule has 1 aromatic carbocycles. The van der Waals surface area contributed by atoms with Gasteiger partial charge in [0.25, 0.3) is 0 Å². The van der Waals surface area contributed by atoms with Crippen molar-refractivity contribution in [3.05, 3.63) is 29.6 Å². The Morgan fingerprint density at radius 1 is 1.25 bits per heavy atom. The monoisotopic (exact) mass is 271 g/mol. The topological polar surface area (TPSA) is 29.9 Å². The largest absolute Gasteiger partial charge is 0.331 e. The molecule has 1 fully saturated rings. The number of benzene rings is 1. The van der Waals surface area contributed by atoms with Crippen molar-refractivity contribution < 1.29 is 0 Å². The van der Waals surface area contributed by atoms with Crippen molar-refractivity contribution in [3.63, 3.8) is 0 Å². The van der Waals surface area contributed by atoms with E-state index in [0.29, 0.717) is 0 Å². The zero-order valence-corrected chi connectivity index (χ0v) is 12.9. The van der Waals surface area contributed by atoms with E-state index in [4.69, 9.17) is 4.98 Å². The molecule has 0 saturated heterocycles. The maximum Gasteiger partial charge on any atom is 0.111 e. The summed E-state index contributed by atoms with van der Waals surface area (Å²) in [6.45, 7) is 2.17. The molecule has 3 rings (SSSR count). The van der Waals surface area contributed by atoms with Crippen molar-refractivity contribution in [3.8, 4) is 0 Å². The number of rotatable bonds is 3. The second kappa shape index (κ2) is 5.21. The van der Waals surface area contributed by atoms with Gasteiger partial charge in [-0.1, -0.05) is 31.4 Å². The summed E-state index contributed by atoms with van der Waals surface area (Å²) >= 11 is 0. The minimum absolute atomic E-state index is 0.251. The molecule has 108 valence electrons. The summed E-state index contributed by atoms with van der Waals surface area (Å²) in [7, 11) is 4.27. The molecule has 0 amide bonds. The first-order chi connectivity index (χ1) is 9.65. The van der Waals surface area contributed by atoms with Gasteiger partial charge in [0, 0.05) is 19.0 Å². The second-order valence-electron chi connectivity index (χ2n) is 6.30. The average molecular weight is 271 g/mol. The molecular weight excluding hydrogens is 246 g/mol. The highest BCUT2D eigenvalue weighted by atomic mass is 15.1. The van der Waals surface area contributed by atoms with Crippen LogP contribution in [0.25, 0.3) is 11.0 Å². The maximum absolute atomic E-state index is 4.88. The first-order valence-corrected chi connectivity index (χ1v) is 7.75. The molecule has 2 aromatic rings. The highest BCUT2D eigenvalue weighted by molar-refractivity contribution is 5.79. The number of hydrogen-bond acceptors (Lipinski definition) is 2. The van der Waals surface area contributed by atoms with Gasteiger partial charge in [0.1, 0.15) is 5.82 Å². The quantitative estimate of drug-likeness (QED) is 0.928. The standard InChI is InChI=1S/C17H25N3/c1-13-8-7-9-14-16(13)20(3)15(19-14)12-17(18-2)10-5-4-6-11-17/h7-9,18H,4-6,10-12H2,1-3H3. The fourth-order valence-electron chi connectivity index (χ4n) is 3.72. The molecule has 0 radical (unpaired) electrons. The van der Waals surface area contributed by atoms with Crippen LogP contribution in [0.5, 0.6) is 0 Å². The van der Waals surface area contributed by atoms with E-state index in [1.807, 2.05) is 0 Å². The summed E-state index contributed by atoms with van der Waals surface area (Å²) in [6.07, 6.45) is 7.63. The van der Waals surface area contributed by atoms with E-state index in [1.165, 1.54) is 49.0 Å². The smallest absolute Gasteiger partial charge is 0.111 e. The van der Waals surface area contributed by atoms with E-state index in [2.05, 4.69) is 49.1 Å². The van der Waals surface area contributed by atoms with Gasteiger partial charge in [-0.15, -0.1) is 0 Å². The van der Waals surface area contributed by atoms with E-state index in [0.717, 1.165) is 11.9 Å². The third kappa shape index (κ3) is 2.24. The lowest BCUT2D eigenvalue weighted by Gasteiger charge is -2.37. The molecule has 1 aliphatic rings. The van der Waals surface area contributed by atoms with Crippen LogP contribution in [-0.2, 0) is 13.5 Å². The zero-order chi connectivity index (χ0) is 14.2. The third-order valence-electron chi connectivity index (χ3n) is 5.03. The molecule has 1 aromatic heterocycles. The number of fused-ring (bicyclic) bond motifs is 1. The molecule has 0 aliphatic heterocycles. The van der Waals surface area contributed by atoms with Crippen molar-refractivity contribution in [2.45, 2.75) is 51.0 Å². The van der Waals surface area contributed by atoms with Gasteiger partial charge in [-0.2, -0.15) is 0 Å². The molecule has 3 nitrogen and oxygen atoms in total. The first kappa shape index (κ1) is 13.6. The lowest BCUT2D eigenvalue weighted by molar-refractivity contribution is 0.240. The summed E-state index contributed by atoms with van der Waals surface area (Å²) in [5.41, 5.74) is 3.97. The lowest BCUT2D eigenvalue weighted by atomic mass is 9.79. The van der Waals surface area contributed by atoms with E-state index in [-0.39, 0.29) is 5.54 Å². The molecule has 0 bridgehead atoms. The van der Waals surface area contributed by atoms with Crippen molar-refractivity contribution in [1.29, 1.82) is 0 Å². The Kier molecular flexibility index (Phi) is 3.55. The molecule has 1 N–H and O–H groups in total. The normalized spacial score (nSPS) is 18.6. The number of hydrogen-bond donors (Lipinski definition) is 1. The van der Waals surface area contributed by atoms with E-state index >= 15 is 0 Å². The van der Waals surface area contributed by atoms with Crippen LogP contribution in [0.2, 0.25) is 0 Å². The highest BCUT2D eigenvalue weighted by Crippen LogP contribution is 2.31. The van der Waals surface area contributed by atoms with Crippen LogP contribution in [-0.4, -0.2) is 22.1 Å². The summed E-state index contributed by atoms with van der Waals surface area (Å²) < 4.78 is 2.29. The number of nitrogens with zero attached hydrogens (tertiary/aromatic N) is 2. The summed E-state index contributed by atoms with van der Waals surface area (Å²) in [6, 6.07) is 6.39. The molecule has 1 heterocycles. The fraction of sp³-hybridized carbons (Fsp3) is 0.588. The van der Waals surface area contributed by atoms with Gasteiger partial charge >= 0.3 is 0 Å². The predicted octanol–water partition coefficient (Wildman–Crippen LogP) is 3.35. The van der Waals surface area contributed by atoms with Gasteiger partial charge in [0.05, 0.1) is 11.0 Å². The number of imidazole rings is 1. The lowest BCUT2D eigenvalue weighted by Crippen LogP contribution is -2.47. The number of likely N-dealkylation sites (N-methyl/N-ethyl adjacent to an activating group) is 1. The molecule has 0 spiro atoms. The van der Waals surface area contributed by atoms with Gasteiger partial charge < -0.3 is 9.88 Å². The summed E-state index contributed by atoms with van der Waals surface area (Å²) in [4.78, 5) is 4.88. The highest BCUT2D eigenvalue weighted by Gasteiger charge is 2.32. The van der Waals surface area contributed by atoms with Gasteiger partial charge in [0.2, 0.25) is 0 Å². The van der Waals surface area contributed by atoms with Gasteiger partial charge in [-0.25, -0.2) is 4.98 Å². The van der Waals surface area contributed by atoms with Crippen molar-refractivity contribution in [2.24, 2.45) is 7.05 Å².